The first kappa shape index (κ1) is 36.4. The van der Waals surface area contributed by atoms with Gasteiger partial charge < -0.3 is 21.1 Å². The fraction of sp³-hybridized carbons (Fsp3) is 0.300. The number of fused-ring (bicyclic) bond motifs is 1. The number of pyridine rings is 2. The molecule has 217 valence electrons. The van der Waals surface area contributed by atoms with Gasteiger partial charge in [-0.1, -0.05) is 30.3 Å². The van der Waals surface area contributed by atoms with Gasteiger partial charge in [0.15, 0.2) is 5.82 Å². The molecular weight excluding hydrogens is 621 g/mol. The molecule has 0 atom stereocenters. The number of halogens is 2. The van der Waals surface area contributed by atoms with Crippen molar-refractivity contribution in [3.05, 3.63) is 101 Å². The van der Waals surface area contributed by atoms with Crippen LogP contribution in [0.5, 0.6) is 0 Å². The molecule has 0 bridgehead atoms. The number of thiophene rings is 1. The molecule has 1 aliphatic rings. The summed E-state index contributed by atoms with van der Waals surface area (Å²) in [5, 5.41) is 0. The number of hydrogen-bond donors (Lipinski definition) is 0. The molecule has 1 aliphatic heterocycles. The maximum absolute atomic E-state index is 12.5. The van der Waals surface area contributed by atoms with Crippen molar-refractivity contribution in [3.63, 3.8) is 0 Å². The number of aryl methyl sites for hydroxylation is 2. The number of rotatable bonds is 3. The van der Waals surface area contributed by atoms with Crippen LogP contribution < -0.4 is 0 Å². The van der Waals surface area contributed by atoms with Crippen LogP contribution in [0.3, 0.4) is 0 Å². The number of nitrogens with zero attached hydrogens (tertiary/aromatic N) is 3. The number of ether oxygens (including phenoxy) is 1. The van der Waals surface area contributed by atoms with Crippen LogP contribution in [0, 0.1) is 25.5 Å². The van der Waals surface area contributed by atoms with Gasteiger partial charge in [-0.3, -0.25) is 14.8 Å². The zero-order valence-electron chi connectivity index (χ0n) is 24.0. The second-order valence-electron chi connectivity index (χ2n) is 9.08. The van der Waals surface area contributed by atoms with Gasteiger partial charge in [0.1, 0.15) is 5.82 Å². The second-order valence-corrected chi connectivity index (χ2v) is 10.1. The number of benzene rings is 1. The Morgan fingerprint density at radius 1 is 1.15 bits per heavy atom. The summed E-state index contributed by atoms with van der Waals surface area (Å²) in [5.74, 6) is -1.94. The molecule has 2 N–H and O–H groups in total. The van der Waals surface area contributed by atoms with Crippen molar-refractivity contribution in [3.8, 4) is 10.6 Å². The van der Waals surface area contributed by atoms with E-state index in [1.807, 2.05) is 37.5 Å². The largest absolute Gasteiger partial charge is 0.696 e. The third-order valence-corrected chi connectivity index (χ3v) is 6.84. The summed E-state index contributed by atoms with van der Waals surface area (Å²) < 4.78 is 30.8. The number of nitrogens with one attached hydrogen (secondary N) is 2. The number of aromatic nitrogens is 2. The molecule has 0 aliphatic carbocycles. The molecule has 1 amide bonds. The van der Waals surface area contributed by atoms with Crippen LogP contribution in [0.25, 0.3) is 32.3 Å². The Kier molecular flexibility index (Phi) is 16.0. The molecule has 1 aromatic carbocycles. The van der Waals surface area contributed by atoms with Gasteiger partial charge in [0.2, 0.25) is 5.91 Å². The molecule has 3 aromatic heterocycles. The standard InChI is InChI=1S/C17H17N3OS.C7H6F2N.C3H6NO.C3H6.Y/c1-11-6-7-18-15-8-16(22-17(11)15)14-5-4-13(9-19-14)10-20(3)12(2)21;1-4-2-3-5(10)7(9)6(4)8;4-3-1-5-2-3;1-3-2;/h4-9H,10H2,1-3H3;2-3,10H,1H3;3-4H,1-2H2;3H,1H2,2H3;/q;2*-1;;. The fourth-order valence-electron chi connectivity index (χ4n) is 3.12. The van der Waals surface area contributed by atoms with E-state index < -0.39 is 17.3 Å². The van der Waals surface area contributed by atoms with Crippen molar-refractivity contribution in [1.82, 2.24) is 14.9 Å². The fourth-order valence-corrected chi connectivity index (χ4v) is 4.18. The van der Waals surface area contributed by atoms with E-state index in [9.17, 15) is 13.6 Å². The van der Waals surface area contributed by atoms with Crippen molar-refractivity contribution < 1.29 is 51.0 Å². The quantitative estimate of drug-likeness (QED) is 0.207. The Morgan fingerprint density at radius 2 is 1.78 bits per heavy atom. The molecule has 0 saturated carbocycles. The van der Waals surface area contributed by atoms with Gasteiger partial charge in [0.05, 0.1) is 20.8 Å². The number of hydrogen-bond acceptors (Lipinski definition) is 5. The van der Waals surface area contributed by atoms with Crippen molar-refractivity contribution in [2.24, 2.45) is 0 Å². The first-order chi connectivity index (χ1) is 19.0. The summed E-state index contributed by atoms with van der Waals surface area (Å²) in [6.45, 7) is 12.3. The smallest absolute Gasteiger partial charge is 0.219 e. The Labute approximate surface area is 269 Å². The van der Waals surface area contributed by atoms with Gasteiger partial charge in [0, 0.05) is 78.8 Å². The molecule has 4 heterocycles. The van der Waals surface area contributed by atoms with Crippen molar-refractivity contribution >= 4 is 33.1 Å². The van der Waals surface area contributed by atoms with Crippen LogP contribution in [-0.4, -0.2) is 47.1 Å². The minimum atomic E-state index is -1.07. The normalized spacial score (nSPS) is 11.7. The predicted octanol–water partition coefficient (Wildman–Crippen LogP) is 8.23. The third-order valence-electron chi connectivity index (χ3n) is 5.56. The zero-order valence-corrected chi connectivity index (χ0v) is 27.7. The molecule has 0 spiro atoms. The van der Waals surface area contributed by atoms with Gasteiger partial charge >= 0.3 is 0 Å². The molecule has 41 heavy (non-hydrogen) atoms. The molecule has 7 nitrogen and oxygen atoms in total. The van der Waals surface area contributed by atoms with Crippen molar-refractivity contribution in [2.75, 3.05) is 20.3 Å². The van der Waals surface area contributed by atoms with Gasteiger partial charge in [-0.25, -0.2) is 8.78 Å². The number of carbonyl (C=O) groups excluding carboxylic acids is 1. The van der Waals surface area contributed by atoms with E-state index in [2.05, 4.69) is 34.3 Å². The number of carbonyl (C=O) groups is 1. The zero-order chi connectivity index (χ0) is 29.8. The first-order valence-corrected chi connectivity index (χ1v) is 13.3. The molecule has 1 saturated heterocycles. The van der Waals surface area contributed by atoms with E-state index in [0.717, 1.165) is 21.7 Å². The summed E-state index contributed by atoms with van der Waals surface area (Å²) in [7, 11) is 1.79. The van der Waals surface area contributed by atoms with Gasteiger partial charge in [-0.05, 0) is 55.7 Å². The Bertz CT molecular complexity index is 1390. The van der Waals surface area contributed by atoms with Crippen LogP contribution in [0.2, 0.25) is 0 Å². The predicted molar refractivity (Wildman–Crippen MR) is 160 cm³/mol. The summed E-state index contributed by atoms with van der Waals surface area (Å²) in [6.07, 6.45) is 5.42. The number of amides is 1. The van der Waals surface area contributed by atoms with Crippen molar-refractivity contribution in [1.29, 1.82) is 0 Å². The number of allylic oxidation sites excluding steroid dienone is 1. The Morgan fingerprint density at radius 3 is 2.24 bits per heavy atom. The molecule has 1 fully saturated rings. The van der Waals surface area contributed by atoms with Gasteiger partial charge in [-0.2, -0.15) is 0 Å². The first-order valence-electron chi connectivity index (χ1n) is 12.5. The van der Waals surface area contributed by atoms with Crippen LogP contribution in [0.15, 0.2) is 61.4 Å². The molecule has 11 heteroatoms. The van der Waals surface area contributed by atoms with Crippen LogP contribution in [0.4, 0.5) is 14.5 Å². The minimum Gasteiger partial charge on any atom is -0.696 e. The van der Waals surface area contributed by atoms with Crippen LogP contribution >= 0.6 is 11.3 Å². The monoisotopic (exact) mass is 656 g/mol. The maximum Gasteiger partial charge on any atom is 0.219 e. The van der Waals surface area contributed by atoms with Gasteiger partial charge in [-0.15, -0.1) is 23.6 Å². The van der Waals surface area contributed by atoms with E-state index in [1.54, 1.807) is 36.3 Å². The minimum absolute atomic E-state index is 0. The average molecular weight is 657 g/mol. The summed E-state index contributed by atoms with van der Waals surface area (Å²) in [4.78, 5) is 23.0. The van der Waals surface area contributed by atoms with E-state index in [0.29, 0.717) is 19.8 Å². The average Bonchev–Trinajstić information content (AvgIpc) is 3.36. The van der Waals surface area contributed by atoms with Crippen LogP contribution in [-0.2, 0) is 48.8 Å². The van der Waals surface area contributed by atoms with Crippen LogP contribution in [0.1, 0.15) is 30.5 Å². The SMILES string of the molecule is C=CC.CC(=O)N(C)Cc1ccc(-c2cc3nccc(C)c3s2)nc1.Cc1ccc([NH-])c(F)c1F.[NH-]C1COC1.[Y]. The second kappa shape index (κ2) is 18.0. The topological polar surface area (TPSA) is 103 Å². The molecule has 4 aromatic rings. The van der Waals surface area contributed by atoms with E-state index >= 15 is 0 Å². The Hall–Kier alpha value is -2.63. The summed E-state index contributed by atoms with van der Waals surface area (Å²) >= 11 is 1.71. The molecule has 1 radical (unpaired) electrons. The summed E-state index contributed by atoms with van der Waals surface area (Å²) in [6, 6.07) is 10.8. The summed E-state index contributed by atoms with van der Waals surface area (Å²) in [5.41, 5.74) is 17.7. The third kappa shape index (κ3) is 11.3. The molecule has 0 unspecified atom stereocenters. The molecular formula is C30H35F2N5O2SY-2. The Balaban J connectivity index is 0.000000364. The van der Waals surface area contributed by atoms with E-state index in [4.69, 9.17) is 11.5 Å². The van der Waals surface area contributed by atoms with E-state index in [-0.39, 0.29) is 50.2 Å². The van der Waals surface area contributed by atoms with Gasteiger partial charge in [0.25, 0.3) is 0 Å². The van der Waals surface area contributed by atoms with Crippen molar-refractivity contribution in [2.45, 2.75) is 40.3 Å². The maximum atomic E-state index is 12.5. The van der Waals surface area contributed by atoms with E-state index in [1.165, 1.54) is 29.3 Å². The molecule has 5 rings (SSSR count).